The Morgan fingerprint density at radius 3 is 1.76 bits per heavy atom. The molecule has 0 spiro atoms. The SMILES string of the molecule is CCCCCC(=O)N[C@@H](Cc1c[nH]c2ccccc12)C(=O)N[C@@H](Cc1c[nH]c2ccccc12)C(=O)N[C@@H](Cc1ccccc1)C(=O)COCC. The lowest BCUT2D eigenvalue weighted by molar-refractivity contribution is -0.134. The standard InChI is InChI=1S/C40H47N5O5/c1-3-5-7-20-38(47)43-35(22-28-24-41-32-18-12-10-16-30(28)32)39(48)45-36(23-29-25-42-33-19-13-11-17-31(29)33)40(49)44-34(37(46)26-50-4-2)21-27-14-8-6-9-15-27/h6,8-19,24-25,34-36,41-42H,3-5,7,20-23,26H2,1-2H3,(H,43,47)(H,44,49)(H,45,48)/t34-,35-,36-/m0/s1. The molecule has 0 saturated heterocycles. The number of amides is 3. The Morgan fingerprint density at radius 1 is 0.640 bits per heavy atom. The highest BCUT2D eigenvalue weighted by atomic mass is 16.5. The Hall–Kier alpha value is -5.22. The number of rotatable bonds is 19. The third-order valence-electron chi connectivity index (χ3n) is 8.93. The highest BCUT2D eigenvalue weighted by Crippen LogP contribution is 2.21. The number of nitrogens with one attached hydrogen (secondary N) is 5. The first-order chi connectivity index (χ1) is 24.4. The number of hydrogen-bond acceptors (Lipinski definition) is 5. The van der Waals surface area contributed by atoms with Gasteiger partial charge < -0.3 is 30.7 Å². The van der Waals surface area contributed by atoms with Gasteiger partial charge in [-0.1, -0.05) is 86.5 Å². The predicted octanol–water partition coefficient (Wildman–Crippen LogP) is 5.32. The van der Waals surface area contributed by atoms with Crippen LogP contribution in [0.1, 0.15) is 56.2 Å². The van der Waals surface area contributed by atoms with Crippen LogP contribution in [0, 0.1) is 0 Å². The number of unbranched alkanes of at least 4 members (excludes halogenated alkanes) is 2. The van der Waals surface area contributed by atoms with Crippen LogP contribution in [0.25, 0.3) is 21.8 Å². The summed E-state index contributed by atoms with van der Waals surface area (Å²) < 4.78 is 5.42. The van der Waals surface area contributed by atoms with Gasteiger partial charge in [0.1, 0.15) is 18.7 Å². The van der Waals surface area contributed by atoms with Crippen LogP contribution >= 0.6 is 0 Å². The van der Waals surface area contributed by atoms with Gasteiger partial charge in [-0.15, -0.1) is 0 Å². The molecule has 0 fully saturated rings. The lowest BCUT2D eigenvalue weighted by Crippen LogP contribution is -2.57. The van der Waals surface area contributed by atoms with Crippen LogP contribution in [-0.4, -0.2) is 64.8 Å². The number of aromatic amines is 2. The minimum Gasteiger partial charge on any atom is -0.374 e. The molecule has 10 heteroatoms. The number of fused-ring (bicyclic) bond motifs is 2. The van der Waals surface area contributed by atoms with Crippen molar-refractivity contribution in [3.05, 3.63) is 108 Å². The van der Waals surface area contributed by atoms with E-state index in [9.17, 15) is 19.2 Å². The number of ether oxygens (including phenoxy) is 1. The second kappa shape index (κ2) is 18.0. The van der Waals surface area contributed by atoms with E-state index in [0.717, 1.165) is 51.3 Å². The Bertz CT molecular complexity index is 1880. The minimum absolute atomic E-state index is 0.148. The van der Waals surface area contributed by atoms with Gasteiger partial charge in [0.05, 0.1) is 6.04 Å². The van der Waals surface area contributed by atoms with E-state index in [1.54, 1.807) is 6.92 Å². The quantitative estimate of drug-likeness (QED) is 0.0752. The lowest BCUT2D eigenvalue weighted by Gasteiger charge is -2.25. The number of hydrogen-bond donors (Lipinski definition) is 5. The molecule has 5 aromatic rings. The van der Waals surface area contributed by atoms with Crippen molar-refractivity contribution in [2.45, 2.75) is 76.9 Å². The maximum absolute atomic E-state index is 14.2. The number of carbonyl (C=O) groups is 4. The van der Waals surface area contributed by atoms with Crippen LogP contribution < -0.4 is 16.0 Å². The molecule has 0 radical (unpaired) electrons. The number of benzene rings is 3. The third-order valence-corrected chi connectivity index (χ3v) is 8.93. The summed E-state index contributed by atoms with van der Waals surface area (Å²) >= 11 is 0. The van der Waals surface area contributed by atoms with E-state index in [0.29, 0.717) is 19.4 Å². The molecule has 2 aromatic heterocycles. The van der Waals surface area contributed by atoms with E-state index < -0.39 is 29.9 Å². The second-order valence-corrected chi connectivity index (χ2v) is 12.6. The summed E-state index contributed by atoms with van der Waals surface area (Å²) in [6.07, 6.45) is 7.22. The van der Waals surface area contributed by atoms with Crippen LogP contribution in [0.2, 0.25) is 0 Å². The molecule has 5 rings (SSSR count). The molecule has 50 heavy (non-hydrogen) atoms. The van der Waals surface area contributed by atoms with Crippen LogP contribution in [0.5, 0.6) is 0 Å². The molecular formula is C40H47N5O5. The Balaban J connectivity index is 1.43. The first kappa shape index (κ1) is 36.1. The molecule has 3 amide bonds. The minimum atomic E-state index is -1.05. The van der Waals surface area contributed by atoms with Crippen molar-refractivity contribution in [3.8, 4) is 0 Å². The van der Waals surface area contributed by atoms with Gasteiger partial charge in [0, 0.05) is 60.1 Å². The largest absolute Gasteiger partial charge is 0.374 e. The van der Waals surface area contributed by atoms with Crippen molar-refractivity contribution in [1.82, 2.24) is 25.9 Å². The second-order valence-electron chi connectivity index (χ2n) is 12.6. The Labute approximate surface area is 292 Å². The van der Waals surface area contributed by atoms with Crippen LogP contribution in [0.4, 0.5) is 0 Å². The fourth-order valence-electron chi connectivity index (χ4n) is 6.20. The fraction of sp³-hybridized carbons (Fsp3) is 0.350. The zero-order chi connectivity index (χ0) is 35.3. The van der Waals surface area contributed by atoms with E-state index in [-0.39, 0.29) is 37.6 Å². The molecule has 0 unspecified atom stereocenters. The topological polar surface area (TPSA) is 145 Å². The number of ketones is 1. The highest BCUT2D eigenvalue weighted by molar-refractivity contribution is 5.96. The predicted molar refractivity (Wildman–Crippen MR) is 196 cm³/mol. The van der Waals surface area contributed by atoms with Gasteiger partial charge in [0.25, 0.3) is 0 Å². The third kappa shape index (κ3) is 9.69. The van der Waals surface area contributed by atoms with Gasteiger partial charge in [-0.2, -0.15) is 0 Å². The van der Waals surface area contributed by atoms with Crippen molar-refractivity contribution in [1.29, 1.82) is 0 Å². The molecule has 2 heterocycles. The monoisotopic (exact) mass is 677 g/mol. The Morgan fingerprint density at radius 2 is 1.18 bits per heavy atom. The molecular weight excluding hydrogens is 630 g/mol. The van der Waals surface area contributed by atoms with Crippen molar-refractivity contribution < 1.29 is 23.9 Å². The zero-order valence-electron chi connectivity index (χ0n) is 28.8. The van der Waals surface area contributed by atoms with Crippen molar-refractivity contribution >= 4 is 45.3 Å². The van der Waals surface area contributed by atoms with Crippen molar-refractivity contribution in [2.75, 3.05) is 13.2 Å². The summed E-state index contributed by atoms with van der Waals surface area (Å²) in [6, 6.07) is 22.1. The summed E-state index contributed by atoms with van der Waals surface area (Å²) in [5.41, 5.74) is 4.41. The molecule has 0 aliphatic heterocycles. The number of H-pyrrole nitrogens is 2. The number of Topliss-reactive ketones (excluding diaryl/α,β-unsaturated/α-hetero) is 1. The van der Waals surface area contributed by atoms with Gasteiger partial charge in [0.15, 0.2) is 5.78 Å². The zero-order valence-corrected chi connectivity index (χ0v) is 28.8. The van der Waals surface area contributed by atoms with Crippen molar-refractivity contribution in [2.24, 2.45) is 0 Å². The number of para-hydroxylation sites is 2. The van der Waals surface area contributed by atoms with E-state index in [1.165, 1.54) is 0 Å². The van der Waals surface area contributed by atoms with Gasteiger partial charge >= 0.3 is 0 Å². The van der Waals surface area contributed by atoms with Crippen LogP contribution in [0.3, 0.4) is 0 Å². The average molecular weight is 678 g/mol. The van der Waals surface area contributed by atoms with Gasteiger partial charge in [-0.05, 0) is 48.6 Å². The molecule has 0 aliphatic rings. The molecule has 262 valence electrons. The van der Waals surface area contributed by atoms with Crippen LogP contribution in [0.15, 0.2) is 91.3 Å². The van der Waals surface area contributed by atoms with Gasteiger partial charge in [0.2, 0.25) is 17.7 Å². The summed E-state index contributed by atoms with van der Waals surface area (Å²) in [5.74, 6) is -1.48. The number of aromatic nitrogens is 2. The molecule has 3 aromatic carbocycles. The van der Waals surface area contributed by atoms with E-state index in [1.807, 2.05) is 91.3 Å². The first-order valence-electron chi connectivity index (χ1n) is 17.5. The molecule has 5 N–H and O–H groups in total. The highest BCUT2D eigenvalue weighted by Gasteiger charge is 2.31. The van der Waals surface area contributed by atoms with Crippen molar-refractivity contribution in [3.63, 3.8) is 0 Å². The summed E-state index contributed by atoms with van der Waals surface area (Å²) in [4.78, 5) is 61.3. The Kier molecular flexibility index (Phi) is 13.0. The smallest absolute Gasteiger partial charge is 0.243 e. The lowest BCUT2D eigenvalue weighted by atomic mass is 9.99. The maximum atomic E-state index is 14.2. The molecule has 10 nitrogen and oxygen atoms in total. The normalized spacial score (nSPS) is 13.1. The summed E-state index contributed by atoms with van der Waals surface area (Å²) in [5, 5.41) is 10.7. The average Bonchev–Trinajstić information content (AvgIpc) is 3.74. The van der Waals surface area contributed by atoms with E-state index in [2.05, 4.69) is 32.8 Å². The summed E-state index contributed by atoms with van der Waals surface area (Å²) in [6.45, 7) is 4.09. The van der Waals surface area contributed by atoms with E-state index in [4.69, 9.17) is 4.74 Å². The first-order valence-corrected chi connectivity index (χ1v) is 17.5. The van der Waals surface area contributed by atoms with Gasteiger partial charge in [-0.3, -0.25) is 19.2 Å². The van der Waals surface area contributed by atoms with Gasteiger partial charge in [-0.25, -0.2) is 0 Å². The van der Waals surface area contributed by atoms with E-state index >= 15 is 0 Å². The summed E-state index contributed by atoms with van der Waals surface area (Å²) in [7, 11) is 0. The van der Waals surface area contributed by atoms with Crippen LogP contribution in [-0.2, 0) is 43.2 Å². The number of carbonyl (C=O) groups excluding carboxylic acids is 4. The molecule has 0 bridgehead atoms. The maximum Gasteiger partial charge on any atom is 0.243 e. The fourth-order valence-corrected chi connectivity index (χ4v) is 6.20. The molecule has 0 aliphatic carbocycles. The molecule has 3 atom stereocenters. The molecule has 0 saturated carbocycles.